The number of hydrazine groups is 1. The van der Waals surface area contributed by atoms with Gasteiger partial charge in [-0.1, -0.05) is 36.4 Å². The number of hydrogen-bond acceptors (Lipinski definition) is 10. The number of aryl methyl sites for hydroxylation is 4. The molecule has 0 aliphatic carbocycles. The van der Waals surface area contributed by atoms with E-state index in [-0.39, 0.29) is 11.4 Å². The topological polar surface area (TPSA) is 168 Å². The van der Waals surface area contributed by atoms with Crippen molar-refractivity contribution in [3.05, 3.63) is 139 Å². The van der Waals surface area contributed by atoms with Gasteiger partial charge in [0.05, 0.1) is 45.1 Å². The molecule has 4 fully saturated rings. The normalized spacial score (nSPS) is 25.5. The lowest BCUT2D eigenvalue weighted by molar-refractivity contribution is -0.385. The Morgan fingerprint density at radius 1 is 0.462 bits per heavy atom. The van der Waals surface area contributed by atoms with E-state index in [0.717, 1.165) is 32.1 Å². The molecule has 4 heterocycles. The summed E-state index contributed by atoms with van der Waals surface area (Å²) in [5, 5.41) is 26.5. The summed E-state index contributed by atoms with van der Waals surface area (Å²) in [5.74, 6) is -4.28. The number of rotatable bonds is 6. The van der Waals surface area contributed by atoms with Crippen LogP contribution in [0.25, 0.3) is 0 Å². The lowest BCUT2D eigenvalue weighted by atomic mass is 9.84. The van der Waals surface area contributed by atoms with Crippen LogP contribution in [0.2, 0.25) is 0 Å². The number of benzene rings is 4. The zero-order valence-electron chi connectivity index (χ0n) is 28.5. The largest absolute Gasteiger partial charge is 0.274 e. The first kappa shape index (κ1) is 33.0. The number of nitro benzene ring substituents is 2. The average Bonchev–Trinajstić information content (AvgIpc) is 3.79. The van der Waals surface area contributed by atoms with Crippen LogP contribution in [0.3, 0.4) is 0 Å². The van der Waals surface area contributed by atoms with Crippen molar-refractivity contribution in [2.45, 2.75) is 51.9 Å². The Morgan fingerprint density at radius 2 is 0.808 bits per heavy atom. The first-order valence-electron chi connectivity index (χ1n) is 16.8. The third kappa shape index (κ3) is 4.64. The molecule has 6 unspecified atom stereocenters. The second-order valence-electron chi connectivity index (χ2n) is 13.8. The SMILES string of the molecule is Cc1ccc(N2C(=O)C3C(C2=O)N2C(c4ccc([N+](=O)[O-])cc4)C4C(=O)N(c5ccc(C)c(C)c5)C(=O)C4N2C3c2ccc([N+](=O)[O-])cc2)cc1C. The van der Waals surface area contributed by atoms with E-state index >= 15 is 0 Å². The fraction of sp³-hybridized carbons (Fsp3) is 0.263. The molecule has 6 atom stereocenters. The third-order valence-corrected chi connectivity index (χ3v) is 11.1. The molecule has 0 aromatic heterocycles. The first-order valence-corrected chi connectivity index (χ1v) is 16.8. The Bertz CT molecular complexity index is 2100. The molecule has 52 heavy (non-hydrogen) atoms. The van der Waals surface area contributed by atoms with Crippen molar-refractivity contribution in [2.24, 2.45) is 11.8 Å². The third-order valence-electron chi connectivity index (χ3n) is 11.1. The van der Waals surface area contributed by atoms with Gasteiger partial charge in [0.25, 0.3) is 23.2 Å². The van der Waals surface area contributed by atoms with Gasteiger partial charge in [-0.05, 0) is 85.3 Å². The number of nitro groups is 2. The second kappa shape index (κ2) is 11.7. The maximum absolute atomic E-state index is 14.7. The summed E-state index contributed by atoms with van der Waals surface area (Å²) in [5.41, 5.74) is 4.94. The molecule has 0 radical (unpaired) electrons. The van der Waals surface area contributed by atoms with E-state index in [2.05, 4.69) is 0 Å². The number of imide groups is 2. The van der Waals surface area contributed by atoms with E-state index in [1.54, 1.807) is 34.3 Å². The quantitative estimate of drug-likeness (QED) is 0.149. The Morgan fingerprint density at radius 3 is 1.12 bits per heavy atom. The van der Waals surface area contributed by atoms with Crippen LogP contribution in [0, 0.1) is 59.8 Å². The van der Waals surface area contributed by atoms with Crippen LogP contribution in [0.5, 0.6) is 0 Å². The molecule has 0 saturated carbocycles. The Hall–Kier alpha value is -6.12. The fourth-order valence-electron chi connectivity index (χ4n) is 8.32. The van der Waals surface area contributed by atoms with Crippen LogP contribution in [-0.4, -0.2) is 55.6 Å². The summed E-state index contributed by atoms with van der Waals surface area (Å²) >= 11 is 0. The minimum atomic E-state index is -1.17. The summed E-state index contributed by atoms with van der Waals surface area (Å²) in [4.78, 5) is 83.1. The highest BCUT2D eigenvalue weighted by molar-refractivity contribution is 6.26. The van der Waals surface area contributed by atoms with E-state index in [0.29, 0.717) is 22.5 Å². The van der Waals surface area contributed by atoms with Crippen LogP contribution >= 0.6 is 0 Å². The molecule has 262 valence electrons. The highest BCUT2D eigenvalue weighted by Gasteiger charge is 2.73. The van der Waals surface area contributed by atoms with Crippen molar-refractivity contribution in [1.82, 2.24) is 10.0 Å². The minimum Gasteiger partial charge on any atom is -0.274 e. The van der Waals surface area contributed by atoms with Crippen LogP contribution in [0.4, 0.5) is 22.7 Å². The standard InChI is InChI=1S/C38H32N6O8/c1-19-5-11-27(17-21(19)3)39-35(45)29-31(23-7-13-25(14-8-23)43(49)50)42-34-30(36(46)40(38(34)48)28-12-6-20(2)22(4)18-28)32(41(42)33(29)37(39)47)24-9-15-26(16-10-24)44(51)52/h5-18,29-34H,1-4H3. The maximum atomic E-state index is 14.7. The zero-order valence-corrected chi connectivity index (χ0v) is 28.5. The van der Waals surface area contributed by atoms with Crippen LogP contribution in [-0.2, 0) is 19.2 Å². The molecular formula is C38H32N6O8. The predicted molar refractivity (Wildman–Crippen MR) is 187 cm³/mol. The molecule has 4 aliphatic rings. The summed E-state index contributed by atoms with van der Waals surface area (Å²) in [6, 6.07) is 17.5. The fourth-order valence-corrected chi connectivity index (χ4v) is 8.32. The molecule has 14 heteroatoms. The van der Waals surface area contributed by atoms with Gasteiger partial charge in [-0.2, -0.15) is 0 Å². The number of anilines is 2. The lowest BCUT2D eigenvalue weighted by Crippen LogP contribution is -2.50. The van der Waals surface area contributed by atoms with E-state index in [1.165, 1.54) is 48.5 Å². The smallest absolute Gasteiger partial charge is 0.269 e. The molecule has 4 aromatic rings. The van der Waals surface area contributed by atoms with Gasteiger partial charge in [0.15, 0.2) is 0 Å². The van der Waals surface area contributed by atoms with Crippen molar-refractivity contribution in [2.75, 3.05) is 9.80 Å². The number of non-ortho nitro benzene ring substituents is 2. The van der Waals surface area contributed by atoms with Gasteiger partial charge in [0.2, 0.25) is 11.8 Å². The highest BCUT2D eigenvalue weighted by Crippen LogP contribution is 2.60. The molecule has 4 aliphatic heterocycles. The molecule has 0 spiro atoms. The number of fused-ring (bicyclic) bond motifs is 5. The molecule has 0 bridgehead atoms. The zero-order chi connectivity index (χ0) is 36.9. The van der Waals surface area contributed by atoms with Gasteiger partial charge in [-0.3, -0.25) is 39.4 Å². The average molecular weight is 701 g/mol. The number of carbonyl (C=O) groups excluding carboxylic acids is 4. The van der Waals surface area contributed by atoms with Crippen molar-refractivity contribution in [3.8, 4) is 0 Å². The summed E-state index contributed by atoms with van der Waals surface area (Å²) in [7, 11) is 0. The molecule has 4 aromatic carbocycles. The molecule has 14 nitrogen and oxygen atoms in total. The van der Waals surface area contributed by atoms with Crippen LogP contribution < -0.4 is 9.80 Å². The molecule has 8 rings (SSSR count). The Balaban J connectivity index is 1.33. The molecule has 0 N–H and O–H groups in total. The van der Waals surface area contributed by atoms with Crippen molar-refractivity contribution >= 4 is 46.4 Å². The minimum absolute atomic E-state index is 0.183. The summed E-state index contributed by atoms with van der Waals surface area (Å²) < 4.78 is 0. The van der Waals surface area contributed by atoms with Crippen LogP contribution in [0.1, 0.15) is 45.5 Å². The monoisotopic (exact) mass is 700 g/mol. The molecule has 4 amide bonds. The summed E-state index contributed by atoms with van der Waals surface area (Å²) in [6.07, 6.45) is 0. The van der Waals surface area contributed by atoms with Gasteiger partial charge < -0.3 is 0 Å². The first-order chi connectivity index (χ1) is 24.8. The number of hydrogen-bond donors (Lipinski definition) is 0. The van der Waals surface area contributed by atoms with E-state index < -0.39 is 69.5 Å². The number of carbonyl (C=O) groups is 4. The van der Waals surface area contributed by atoms with E-state index in [1.807, 2.05) is 39.8 Å². The maximum Gasteiger partial charge on any atom is 0.269 e. The van der Waals surface area contributed by atoms with Crippen molar-refractivity contribution in [1.29, 1.82) is 0 Å². The van der Waals surface area contributed by atoms with Gasteiger partial charge in [0.1, 0.15) is 12.1 Å². The van der Waals surface area contributed by atoms with Gasteiger partial charge in [0, 0.05) is 24.3 Å². The van der Waals surface area contributed by atoms with E-state index in [9.17, 15) is 39.4 Å². The molecule has 4 saturated heterocycles. The van der Waals surface area contributed by atoms with Gasteiger partial charge in [-0.15, -0.1) is 0 Å². The Kier molecular flexibility index (Phi) is 7.45. The number of amides is 4. The van der Waals surface area contributed by atoms with Crippen molar-refractivity contribution in [3.63, 3.8) is 0 Å². The van der Waals surface area contributed by atoms with E-state index in [4.69, 9.17) is 0 Å². The highest BCUT2D eigenvalue weighted by atomic mass is 16.6. The van der Waals surface area contributed by atoms with Crippen LogP contribution in [0.15, 0.2) is 84.9 Å². The Labute approximate surface area is 297 Å². The summed E-state index contributed by atoms with van der Waals surface area (Å²) in [6.45, 7) is 7.57. The number of nitrogens with zero attached hydrogens (tertiary/aromatic N) is 6. The lowest BCUT2D eigenvalue weighted by Gasteiger charge is -2.35. The second-order valence-corrected chi connectivity index (χ2v) is 13.8. The molecular weight excluding hydrogens is 668 g/mol. The predicted octanol–water partition coefficient (Wildman–Crippen LogP) is 5.18. The van der Waals surface area contributed by atoms with Gasteiger partial charge in [-0.25, -0.2) is 19.8 Å². The van der Waals surface area contributed by atoms with Gasteiger partial charge >= 0.3 is 0 Å². The van der Waals surface area contributed by atoms with Crippen molar-refractivity contribution < 1.29 is 29.0 Å².